The lowest BCUT2D eigenvalue weighted by atomic mass is 10.1. The van der Waals surface area contributed by atoms with E-state index in [0.29, 0.717) is 17.4 Å². The number of nitriles is 1. The van der Waals surface area contributed by atoms with Gasteiger partial charge in [-0.05, 0) is 38.7 Å². The highest BCUT2D eigenvalue weighted by molar-refractivity contribution is 5.56. The summed E-state index contributed by atoms with van der Waals surface area (Å²) in [6, 6.07) is 3.45. The molecule has 0 spiro atoms. The molecule has 2 aliphatic rings. The van der Waals surface area contributed by atoms with Crippen LogP contribution in [-0.4, -0.2) is 40.3 Å². The van der Waals surface area contributed by atoms with E-state index in [4.69, 9.17) is 0 Å². The van der Waals surface area contributed by atoms with Gasteiger partial charge in [0.2, 0.25) is 0 Å². The van der Waals surface area contributed by atoms with Crippen molar-refractivity contribution in [2.45, 2.75) is 45.2 Å². The topological polar surface area (TPSA) is 64.8 Å². The van der Waals surface area contributed by atoms with Crippen LogP contribution < -0.4 is 5.32 Å². The SMILES string of the molecule is Cc1nnc(NC2CCN(C3CC3)C2)c(C#N)c1C. The highest BCUT2D eigenvalue weighted by atomic mass is 15.3. The Morgan fingerprint density at radius 1 is 1.26 bits per heavy atom. The van der Waals surface area contributed by atoms with Gasteiger partial charge in [-0.1, -0.05) is 0 Å². The van der Waals surface area contributed by atoms with Crippen molar-refractivity contribution in [2.75, 3.05) is 18.4 Å². The monoisotopic (exact) mass is 257 g/mol. The second-order valence-electron chi connectivity index (χ2n) is 5.60. The number of aromatic nitrogens is 2. The van der Waals surface area contributed by atoms with E-state index in [1.807, 2.05) is 13.8 Å². The van der Waals surface area contributed by atoms with Crippen molar-refractivity contribution in [1.82, 2.24) is 15.1 Å². The minimum atomic E-state index is 0.393. The number of rotatable bonds is 3. The summed E-state index contributed by atoms with van der Waals surface area (Å²) in [4.78, 5) is 2.54. The van der Waals surface area contributed by atoms with Crippen molar-refractivity contribution in [3.8, 4) is 6.07 Å². The second kappa shape index (κ2) is 4.78. The van der Waals surface area contributed by atoms with Gasteiger partial charge in [0.15, 0.2) is 5.82 Å². The molecule has 1 saturated carbocycles. The third kappa shape index (κ3) is 2.41. The summed E-state index contributed by atoms with van der Waals surface area (Å²) in [7, 11) is 0. The van der Waals surface area contributed by atoms with Gasteiger partial charge in [-0.15, -0.1) is 5.10 Å². The summed E-state index contributed by atoms with van der Waals surface area (Å²) in [5.74, 6) is 0.647. The maximum atomic E-state index is 9.28. The molecule has 5 nitrogen and oxygen atoms in total. The molecule has 0 bridgehead atoms. The quantitative estimate of drug-likeness (QED) is 0.891. The average Bonchev–Trinajstić information content (AvgIpc) is 3.15. The zero-order chi connectivity index (χ0) is 13.4. The molecule has 0 radical (unpaired) electrons. The van der Waals surface area contributed by atoms with Crippen LogP contribution in [0.3, 0.4) is 0 Å². The van der Waals surface area contributed by atoms with Crippen molar-refractivity contribution in [2.24, 2.45) is 0 Å². The molecule has 5 heteroatoms. The Bertz CT molecular complexity index is 529. The molecular weight excluding hydrogens is 238 g/mol. The number of hydrogen-bond donors (Lipinski definition) is 1. The summed E-state index contributed by atoms with van der Waals surface area (Å²) in [5, 5.41) is 21.0. The van der Waals surface area contributed by atoms with Crippen LogP contribution in [0.4, 0.5) is 5.82 Å². The first-order valence-electron chi connectivity index (χ1n) is 6.93. The molecule has 1 atom stereocenters. The molecule has 100 valence electrons. The van der Waals surface area contributed by atoms with E-state index < -0.39 is 0 Å². The van der Waals surface area contributed by atoms with Gasteiger partial charge in [0, 0.05) is 25.2 Å². The molecule has 2 heterocycles. The van der Waals surface area contributed by atoms with Crippen molar-refractivity contribution >= 4 is 5.82 Å². The first-order chi connectivity index (χ1) is 9.19. The predicted molar refractivity (Wildman–Crippen MR) is 72.8 cm³/mol. The van der Waals surface area contributed by atoms with E-state index in [1.54, 1.807) is 0 Å². The Morgan fingerprint density at radius 3 is 2.74 bits per heavy atom. The highest BCUT2D eigenvalue weighted by Gasteiger charge is 2.34. The number of hydrogen-bond acceptors (Lipinski definition) is 5. The van der Waals surface area contributed by atoms with Gasteiger partial charge in [0.25, 0.3) is 0 Å². The van der Waals surface area contributed by atoms with Crippen LogP contribution in [0.15, 0.2) is 0 Å². The van der Waals surface area contributed by atoms with Crippen LogP contribution in [0.5, 0.6) is 0 Å². The number of nitrogens with zero attached hydrogens (tertiary/aromatic N) is 4. The summed E-state index contributed by atoms with van der Waals surface area (Å²) in [6.07, 6.45) is 3.81. The van der Waals surface area contributed by atoms with Crippen LogP contribution >= 0.6 is 0 Å². The summed E-state index contributed by atoms with van der Waals surface area (Å²) in [5.41, 5.74) is 2.39. The van der Waals surface area contributed by atoms with Crippen LogP contribution in [0, 0.1) is 25.2 Å². The first-order valence-corrected chi connectivity index (χ1v) is 6.93. The molecule has 2 fully saturated rings. The lowest BCUT2D eigenvalue weighted by molar-refractivity contribution is 0.326. The zero-order valence-electron chi connectivity index (χ0n) is 11.5. The Hall–Kier alpha value is -1.67. The molecule has 1 aromatic heterocycles. The fourth-order valence-electron chi connectivity index (χ4n) is 2.72. The molecule has 1 N–H and O–H groups in total. The number of anilines is 1. The summed E-state index contributed by atoms with van der Waals surface area (Å²) >= 11 is 0. The van der Waals surface area contributed by atoms with Gasteiger partial charge in [-0.2, -0.15) is 10.4 Å². The molecular formula is C14H19N5. The standard InChI is InChI=1S/C14H19N5/c1-9-10(2)17-18-14(13(9)7-15)16-11-5-6-19(8-11)12-3-4-12/h11-12H,3-6,8H2,1-2H3,(H,16,18). The first kappa shape index (κ1) is 12.4. The Labute approximate surface area is 113 Å². The van der Waals surface area contributed by atoms with Crippen LogP contribution in [0.1, 0.15) is 36.1 Å². The van der Waals surface area contributed by atoms with E-state index in [-0.39, 0.29) is 0 Å². The minimum absolute atomic E-state index is 0.393. The zero-order valence-corrected chi connectivity index (χ0v) is 11.5. The average molecular weight is 257 g/mol. The largest absolute Gasteiger partial charge is 0.363 e. The number of aryl methyl sites for hydroxylation is 1. The highest BCUT2D eigenvalue weighted by Crippen LogP contribution is 2.30. The molecule has 1 aliphatic heterocycles. The van der Waals surface area contributed by atoms with Crippen molar-refractivity contribution in [3.63, 3.8) is 0 Å². The van der Waals surface area contributed by atoms with Gasteiger partial charge in [-0.3, -0.25) is 4.90 Å². The third-order valence-corrected chi connectivity index (χ3v) is 4.19. The van der Waals surface area contributed by atoms with E-state index >= 15 is 0 Å². The van der Waals surface area contributed by atoms with Gasteiger partial charge in [0.05, 0.1) is 5.69 Å². The Morgan fingerprint density at radius 2 is 2.05 bits per heavy atom. The van der Waals surface area contributed by atoms with Crippen LogP contribution in [0.2, 0.25) is 0 Å². The fraction of sp³-hybridized carbons (Fsp3) is 0.643. The number of likely N-dealkylation sites (tertiary alicyclic amines) is 1. The van der Waals surface area contributed by atoms with Gasteiger partial charge in [0.1, 0.15) is 11.6 Å². The molecule has 1 unspecified atom stereocenters. The van der Waals surface area contributed by atoms with Crippen molar-refractivity contribution in [3.05, 3.63) is 16.8 Å². The van der Waals surface area contributed by atoms with Gasteiger partial charge < -0.3 is 5.32 Å². The van der Waals surface area contributed by atoms with E-state index in [9.17, 15) is 5.26 Å². The third-order valence-electron chi connectivity index (χ3n) is 4.19. The smallest absolute Gasteiger partial charge is 0.167 e. The Balaban J connectivity index is 1.73. The second-order valence-corrected chi connectivity index (χ2v) is 5.60. The van der Waals surface area contributed by atoms with E-state index in [2.05, 4.69) is 26.5 Å². The lowest BCUT2D eigenvalue weighted by Crippen LogP contribution is -2.28. The molecule has 19 heavy (non-hydrogen) atoms. The van der Waals surface area contributed by atoms with Crippen molar-refractivity contribution < 1.29 is 0 Å². The molecule has 1 saturated heterocycles. The lowest BCUT2D eigenvalue weighted by Gasteiger charge is -2.17. The molecule has 1 aliphatic carbocycles. The van der Waals surface area contributed by atoms with E-state index in [0.717, 1.165) is 36.8 Å². The molecule has 0 amide bonds. The minimum Gasteiger partial charge on any atom is -0.363 e. The summed E-state index contributed by atoms with van der Waals surface area (Å²) < 4.78 is 0. The van der Waals surface area contributed by atoms with E-state index in [1.165, 1.54) is 12.8 Å². The van der Waals surface area contributed by atoms with Crippen LogP contribution in [0.25, 0.3) is 0 Å². The normalized spacial score (nSPS) is 23.3. The van der Waals surface area contributed by atoms with Gasteiger partial charge in [-0.25, -0.2) is 0 Å². The fourth-order valence-corrected chi connectivity index (χ4v) is 2.72. The predicted octanol–water partition coefficient (Wildman–Crippen LogP) is 1.61. The molecule has 1 aromatic rings. The summed E-state index contributed by atoms with van der Waals surface area (Å²) in [6.45, 7) is 6.03. The van der Waals surface area contributed by atoms with Gasteiger partial charge >= 0.3 is 0 Å². The van der Waals surface area contributed by atoms with Crippen molar-refractivity contribution in [1.29, 1.82) is 5.26 Å². The Kier molecular flexibility index (Phi) is 3.11. The maximum absolute atomic E-state index is 9.28. The molecule has 3 rings (SSSR count). The van der Waals surface area contributed by atoms with Crippen LogP contribution in [-0.2, 0) is 0 Å². The molecule has 0 aromatic carbocycles. The number of nitrogens with one attached hydrogen (secondary N) is 1. The maximum Gasteiger partial charge on any atom is 0.167 e.